The predicted molar refractivity (Wildman–Crippen MR) is 83.7 cm³/mol. The van der Waals surface area contributed by atoms with Gasteiger partial charge in [-0.3, -0.25) is 0 Å². The highest BCUT2D eigenvalue weighted by molar-refractivity contribution is 7.88. The number of carbonyl (C=O) groups is 1. The van der Waals surface area contributed by atoms with Gasteiger partial charge in [-0.15, -0.1) is 0 Å². The van der Waals surface area contributed by atoms with Gasteiger partial charge in [0.15, 0.2) is 0 Å². The standard InChI is InChI=1S/C16H17NO4S/c1-21-16(18)15-9-7-13(8-10-15)11-17-22(19,20)12-14-5-3-2-4-6-14/h2-10,17H,11-12H2,1H3. The molecule has 0 aromatic heterocycles. The van der Waals surface area contributed by atoms with E-state index >= 15 is 0 Å². The summed E-state index contributed by atoms with van der Waals surface area (Å²) in [5.41, 5.74) is 1.93. The number of ether oxygens (including phenoxy) is 1. The molecule has 0 aliphatic rings. The molecular formula is C16H17NO4S. The zero-order valence-corrected chi connectivity index (χ0v) is 13.0. The van der Waals surface area contributed by atoms with E-state index < -0.39 is 16.0 Å². The monoisotopic (exact) mass is 319 g/mol. The maximum atomic E-state index is 12.0. The Hall–Kier alpha value is -2.18. The lowest BCUT2D eigenvalue weighted by atomic mass is 10.1. The summed E-state index contributed by atoms with van der Waals surface area (Å²) in [5, 5.41) is 0. The van der Waals surface area contributed by atoms with Crippen LogP contribution in [-0.4, -0.2) is 21.5 Å². The number of hydrogen-bond acceptors (Lipinski definition) is 4. The van der Waals surface area contributed by atoms with Crippen molar-refractivity contribution in [2.75, 3.05) is 7.11 Å². The fourth-order valence-corrected chi connectivity index (χ4v) is 3.03. The van der Waals surface area contributed by atoms with Crippen LogP contribution in [0.4, 0.5) is 0 Å². The molecule has 0 spiro atoms. The first-order chi connectivity index (χ1) is 10.5. The van der Waals surface area contributed by atoms with Gasteiger partial charge in [-0.2, -0.15) is 0 Å². The summed E-state index contributed by atoms with van der Waals surface area (Å²) in [5.74, 6) is -0.482. The van der Waals surface area contributed by atoms with Crippen molar-refractivity contribution in [3.05, 3.63) is 71.3 Å². The summed E-state index contributed by atoms with van der Waals surface area (Å²) in [7, 11) is -2.09. The van der Waals surface area contributed by atoms with Crippen molar-refractivity contribution in [2.45, 2.75) is 12.3 Å². The smallest absolute Gasteiger partial charge is 0.337 e. The number of esters is 1. The maximum absolute atomic E-state index is 12.0. The van der Waals surface area contributed by atoms with Gasteiger partial charge in [-0.05, 0) is 23.3 Å². The van der Waals surface area contributed by atoms with Crippen LogP contribution in [0.2, 0.25) is 0 Å². The predicted octanol–water partition coefficient (Wildman–Crippen LogP) is 2.09. The van der Waals surface area contributed by atoms with Crippen LogP contribution in [0, 0.1) is 0 Å². The molecule has 0 unspecified atom stereocenters. The molecule has 0 bridgehead atoms. The molecule has 5 nitrogen and oxygen atoms in total. The molecule has 0 aliphatic heterocycles. The fourth-order valence-electron chi connectivity index (χ4n) is 1.91. The molecule has 0 aliphatic carbocycles. The normalized spacial score (nSPS) is 11.1. The summed E-state index contributed by atoms with van der Waals surface area (Å²) in [6.07, 6.45) is 0. The lowest BCUT2D eigenvalue weighted by Crippen LogP contribution is -2.24. The van der Waals surface area contributed by atoms with Gasteiger partial charge in [0.1, 0.15) is 0 Å². The molecule has 0 fully saturated rings. The van der Waals surface area contributed by atoms with E-state index in [9.17, 15) is 13.2 Å². The van der Waals surface area contributed by atoms with Crippen molar-refractivity contribution in [1.29, 1.82) is 0 Å². The number of rotatable bonds is 6. The Balaban J connectivity index is 1.95. The van der Waals surface area contributed by atoms with Crippen molar-refractivity contribution >= 4 is 16.0 Å². The molecule has 0 saturated carbocycles. The van der Waals surface area contributed by atoms with Crippen molar-refractivity contribution in [3.8, 4) is 0 Å². The quantitative estimate of drug-likeness (QED) is 0.828. The zero-order chi connectivity index (χ0) is 16.0. The van der Waals surface area contributed by atoms with Gasteiger partial charge < -0.3 is 4.74 Å². The number of carbonyl (C=O) groups excluding carboxylic acids is 1. The van der Waals surface area contributed by atoms with Crippen molar-refractivity contribution in [2.24, 2.45) is 0 Å². The molecule has 0 atom stereocenters. The van der Waals surface area contributed by atoms with Crippen LogP contribution in [-0.2, 0) is 27.1 Å². The summed E-state index contributed by atoms with van der Waals surface area (Å²) in [4.78, 5) is 11.3. The first-order valence-electron chi connectivity index (χ1n) is 6.69. The number of methoxy groups -OCH3 is 1. The SMILES string of the molecule is COC(=O)c1ccc(CNS(=O)(=O)Cc2ccccc2)cc1. The van der Waals surface area contributed by atoms with Gasteiger partial charge in [-0.25, -0.2) is 17.9 Å². The highest BCUT2D eigenvalue weighted by Gasteiger charge is 2.11. The first kappa shape index (κ1) is 16.2. The minimum Gasteiger partial charge on any atom is -0.465 e. The molecule has 6 heteroatoms. The maximum Gasteiger partial charge on any atom is 0.337 e. The van der Waals surface area contributed by atoms with E-state index in [1.807, 2.05) is 6.07 Å². The molecule has 2 aromatic rings. The van der Waals surface area contributed by atoms with E-state index in [-0.39, 0.29) is 12.3 Å². The molecule has 116 valence electrons. The molecule has 1 N–H and O–H groups in total. The van der Waals surface area contributed by atoms with Crippen LogP contribution in [0.5, 0.6) is 0 Å². The number of hydrogen-bond donors (Lipinski definition) is 1. The summed E-state index contributed by atoms with van der Waals surface area (Å²) >= 11 is 0. The average molecular weight is 319 g/mol. The van der Waals surface area contributed by atoms with Gasteiger partial charge >= 0.3 is 5.97 Å². The van der Waals surface area contributed by atoms with E-state index in [2.05, 4.69) is 9.46 Å². The molecule has 22 heavy (non-hydrogen) atoms. The zero-order valence-electron chi connectivity index (χ0n) is 12.2. The highest BCUT2D eigenvalue weighted by Crippen LogP contribution is 2.08. The Morgan fingerprint density at radius 3 is 2.23 bits per heavy atom. The molecule has 2 rings (SSSR count). The molecule has 0 amide bonds. The van der Waals surface area contributed by atoms with E-state index in [1.165, 1.54) is 7.11 Å². The van der Waals surface area contributed by atoms with Crippen LogP contribution >= 0.6 is 0 Å². The summed E-state index contributed by atoms with van der Waals surface area (Å²) in [6.45, 7) is 0.177. The van der Waals surface area contributed by atoms with Crippen molar-refractivity contribution in [1.82, 2.24) is 4.72 Å². The van der Waals surface area contributed by atoms with Crippen LogP contribution in [0.15, 0.2) is 54.6 Å². The lowest BCUT2D eigenvalue weighted by molar-refractivity contribution is 0.0600. The van der Waals surface area contributed by atoms with E-state index in [0.29, 0.717) is 5.56 Å². The molecule has 2 aromatic carbocycles. The van der Waals surface area contributed by atoms with Gasteiger partial charge in [0.25, 0.3) is 0 Å². The molecule has 0 radical (unpaired) electrons. The first-order valence-corrected chi connectivity index (χ1v) is 8.34. The van der Waals surface area contributed by atoms with Gasteiger partial charge in [-0.1, -0.05) is 42.5 Å². The number of sulfonamides is 1. The second kappa shape index (κ2) is 7.20. The highest BCUT2D eigenvalue weighted by atomic mass is 32.2. The Kier molecular flexibility index (Phi) is 5.30. The van der Waals surface area contributed by atoms with Crippen LogP contribution in [0.3, 0.4) is 0 Å². The lowest BCUT2D eigenvalue weighted by Gasteiger charge is -2.07. The minimum absolute atomic E-state index is 0.0614. The van der Waals surface area contributed by atoms with Crippen molar-refractivity contribution in [3.63, 3.8) is 0 Å². The molecule has 0 saturated heterocycles. The average Bonchev–Trinajstić information content (AvgIpc) is 2.53. The van der Waals surface area contributed by atoms with Gasteiger partial charge in [0.2, 0.25) is 10.0 Å². The largest absolute Gasteiger partial charge is 0.465 e. The van der Waals surface area contributed by atoms with E-state index in [4.69, 9.17) is 0 Å². The van der Waals surface area contributed by atoms with Crippen LogP contribution < -0.4 is 4.72 Å². The van der Waals surface area contributed by atoms with Crippen LogP contribution in [0.25, 0.3) is 0 Å². The number of benzene rings is 2. The third-order valence-electron chi connectivity index (χ3n) is 3.07. The van der Waals surface area contributed by atoms with Gasteiger partial charge in [0, 0.05) is 6.54 Å². The third kappa shape index (κ3) is 4.68. The Bertz CT molecular complexity index is 725. The molecule has 0 heterocycles. The Labute approximate surface area is 130 Å². The molecular weight excluding hydrogens is 302 g/mol. The van der Waals surface area contributed by atoms with Crippen LogP contribution in [0.1, 0.15) is 21.5 Å². The van der Waals surface area contributed by atoms with Crippen molar-refractivity contribution < 1.29 is 17.9 Å². The second-order valence-electron chi connectivity index (χ2n) is 4.75. The van der Waals surface area contributed by atoms with E-state index in [0.717, 1.165) is 11.1 Å². The topological polar surface area (TPSA) is 72.5 Å². The number of nitrogens with one attached hydrogen (secondary N) is 1. The summed E-state index contributed by atoms with van der Waals surface area (Å²) in [6, 6.07) is 15.6. The fraction of sp³-hybridized carbons (Fsp3) is 0.188. The summed E-state index contributed by atoms with van der Waals surface area (Å²) < 4.78 is 31.2. The minimum atomic E-state index is -3.41. The Morgan fingerprint density at radius 1 is 1.00 bits per heavy atom. The third-order valence-corrected chi connectivity index (χ3v) is 4.37. The Morgan fingerprint density at radius 2 is 1.64 bits per heavy atom. The van der Waals surface area contributed by atoms with Gasteiger partial charge in [0.05, 0.1) is 18.4 Å². The van der Waals surface area contributed by atoms with E-state index in [1.54, 1.807) is 48.5 Å². The second-order valence-corrected chi connectivity index (χ2v) is 6.56.